The number of nitrogens with two attached hydrogens (primary N) is 1. The van der Waals surface area contributed by atoms with Crippen LogP contribution in [0, 0.1) is 5.92 Å². The molecule has 0 saturated heterocycles. The van der Waals surface area contributed by atoms with E-state index in [4.69, 9.17) is 16.7 Å². The van der Waals surface area contributed by atoms with Crippen LogP contribution in [-0.4, -0.2) is 22.6 Å². The minimum Gasteiger partial charge on any atom is -0.284 e. The summed E-state index contributed by atoms with van der Waals surface area (Å²) in [6, 6.07) is 3.69. The molecule has 1 aromatic rings. The molecule has 0 unspecified atom stereocenters. The van der Waals surface area contributed by atoms with Gasteiger partial charge in [-0.25, -0.2) is 22.0 Å². The van der Waals surface area contributed by atoms with Gasteiger partial charge in [0.25, 0.3) is 0 Å². The van der Waals surface area contributed by atoms with E-state index in [0.717, 1.165) is 6.07 Å². The fourth-order valence-electron chi connectivity index (χ4n) is 1.42. The number of hydrogen-bond donors (Lipinski definition) is 2. The molecule has 0 aliphatic carbocycles. The molecule has 0 radical (unpaired) electrons. The highest BCUT2D eigenvalue weighted by molar-refractivity contribution is 7.92. The van der Waals surface area contributed by atoms with Crippen molar-refractivity contribution in [3.63, 3.8) is 0 Å². The molecule has 0 atom stereocenters. The summed E-state index contributed by atoms with van der Waals surface area (Å²) in [6.45, 7) is 3.85. The minimum atomic E-state index is -3.92. The average Bonchev–Trinajstić information content (AvgIpc) is 2.24. The van der Waals surface area contributed by atoms with Gasteiger partial charge in [-0.2, -0.15) is 0 Å². The highest BCUT2D eigenvalue weighted by Crippen LogP contribution is 2.24. The van der Waals surface area contributed by atoms with Crippen LogP contribution in [0.5, 0.6) is 0 Å². The highest BCUT2D eigenvalue weighted by atomic mass is 35.5. The summed E-state index contributed by atoms with van der Waals surface area (Å²) in [5.41, 5.74) is 0.200. The Morgan fingerprint density at radius 2 is 1.85 bits per heavy atom. The van der Waals surface area contributed by atoms with Gasteiger partial charge in [0, 0.05) is 0 Å². The Bertz CT molecular complexity index is 684. The number of primary sulfonamides is 1. The first-order valence-electron chi connectivity index (χ1n) is 5.84. The van der Waals surface area contributed by atoms with Gasteiger partial charge >= 0.3 is 0 Å². The molecule has 0 bridgehead atoms. The number of hydrogen-bond acceptors (Lipinski definition) is 4. The number of anilines is 1. The molecule has 0 amide bonds. The van der Waals surface area contributed by atoms with Crippen LogP contribution < -0.4 is 9.86 Å². The van der Waals surface area contributed by atoms with Crippen LogP contribution in [0.4, 0.5) is 5.69 Å². The molecule has 0 aliphatic rings. The predicted octanol–water partition coefficient (Wildman–Crippen LogP) is 1.78. The second-order valence-electron chi connectivity index (χ2n) is 4.79. The number of benzene rings is 1. The maximum atomic E-state index is 11.8. The molecule has 0 aliphatic heterocycles. The summed E-state index contributed by atoms with van der Waals surface area (Å²) in [6.07, 6.45) is 0.526. The first kappa shape index (κ1) is 17.2. The first-order chi connectivity index (χ1) is 9.01. The summed E-state index contributed by atoms with van der Waals surface area (Å²) < 4.78 is 48.3. The van der Waals surface area contributed by atoms with Crippen molar-refractivity contribution >= 4 is 37.3 Å². The molecule has 0 saturated carbocycles. The topological polar surface area (TPSA) is 106 Å². The molecule has 0 spiro atoms. The van der Waals surface area contributed by atoms with Crippen molar-refractivity contribution < 1.29 is 16.8 Å². The van der Waals surface area contributed by atoms with Gasteiger partial charge in [-0.3, -0.25) is 4.72 Å². The maximum absolute atomic E-state index is 11.8. The fourth-order valence-corrected chi connectivity index (χ4v) is 3.88. The third-order valence-corrected chi connectivity index (χ3v) is 5.19. The Hall–Kier alpha value is -0.830. The van der Waals surface area contributed by atoms with Crippen LogP contribution in [0.1, 0.15) is 20.3 Å². The van der Waals surface area contributed by atoms with E-state index in [-0.39, 0.29) is 27.3 Å². The quantitative estimate of drug-likeness (QED) is 0.823. The van der Waals surface area contributed by atoms with E-state index in [2.05, 4.69) is 4.72 Å². The van der Waals surface area contributed by atoms with Crippen molar-refractivity contribution in [2.24, 2.45) is 11.1 Å². The second-order valence-corrected chi connectivity index (χ2v) is 8.57. The summed E-state index contributed by atoms with van der Waals surface area (Å²) in [5.74, 6) is 0.249. The lowest BCUT2D eigenvalue weighted by Gasteiger charge is -2.10. The number of nitrogens with one attached hydrogen (secondary N) is 1. The van der Waals surface area contributed by atoms with E-state index in [1.807, 2.05) is 13.8 Å². The monoisotopic (exact) mass is 340 g/mol. The van der Waals surface area contributed by atoms with Crippen molar-refractivity contribution in [3.8, 4) is 0 Å². The van der Waals surface area contributed by atoms with E-state index in [0.29, 0.717) is 6.42 Å². The van der Waals surface area contributed by atoms with Gasteiger partial charge in [0.2, 0.25) is 20.0 Å². The van der Waals surface area contributed by atoms with Crippen molar-refractivity contribution in [1.29, 1.82) is 0 Å². The SMILES string of the molecule is CC(C)CCS(=O)(=O)Nc1ccc(S(N)(=O)=O)c(Cl)c1. The van der Waals surface area contributed by atoms with E-state index >= 15 is 0 Å². The van der Waals surface area contributed by atoms with Crippen LogP contribution in [0.25, 0.3) is 0 Å². The zero-order valence-corrected chi connectivity index (χ0v) is 13.5. The highest BCUT2D eigenvalue weighted by Gasteiger charge is 2.16. The van der Waals surface area contributed by atoms with Crippen molar-refractivity contribution in [2.75, 3.05) is 10.5 Å². The van der Waals surface area contributed by atoms with Gasteiger partial charge in [0.1, 0.15) is 4.90 Å². The summed E-state index contributed by atoms with van der Waals surface area (Å²) in [5, 5.41) is 4.84. The molecule has 9 heteroatoms. The van der Waals surface area contributed by atoms with Crippen molar-refractivity contribution in [1.82, 2.24) is 0 Å². The minimum absolute atomic E-state index is 0.0147. The molecule has 0 aromatic heterocycles. The molecular weight excluding hydrogens is 324 g/mol. The Kier molecular flexibility index (Phi) is 5.42. The van der Waals surface area contributed by atoms with E-state index < -0.39 is 20.0 Å². The fraction of sp³-hybridized carbons (Fsp3) is 0.455. The molecule has 20 heavy (non-hydrogen) atoms. The third kappa shape index (κ3) is 5.28. The molecule has 114 valence electrons. The second kappa shape index (κ2) is 6.30. The van der Waals surface area contributed by atoms with Crippen molar-refractivity contribution in [3.05, 3.63) is 23.2 Å². The zero-order chi connectivity index (χ0) is 15.6. The van der Waals surface area contributed by atoms with Crippen LogP contribution in [-0.2, 0) is 20.0 Å². The van der Waals surface area contributed by atoms with Gasteiger partial charge in [-0.1, -0.05) is 25.4 Å². The van der Waals surface area contributed by atoms with E-state index in [1.165, 1.54) is 12.1 Å². The average molecular weight is 341 g/mol. The smallest absolute Gasteiger partial charge is 0.239 e. The van der Waals surface area contributed by atoms with Crippen LogP contribution in [0.2, 0.25) is 5.02 Å². The summed E-state index contributed by atoms with van der Waals surface area (Å²) in [4.78, 5) is -0.246. The number of halogens is 1. The molecule has 0 fully saturated rings. The maximum Gasteiger partial charge on any atom is 0.239 e. The standard InChI is InChI=1S/C11H17ClN2O4S2/c1-8(2)5-6-19(15,16)14-9-3-4-11(10(12)7-9)20(13,17)18/h3-4,7-8,14H,5-6H2,1-2H3,(H2,13,17,18). The van der Waals surface area contributed by atoms with Gasteiger partial charge in [-0.05, 0) is 30.5 Å². The largest absolute Gasteiger partial charge is 0.284 e. The zero-order valence-electron chi connectivity index (χ0n) is 11.1. The van der Waals surface area contributed by atoms with Crippen LogP contribution >= 0.6 is 11.6 Å². The Morgan fingerprint density at radius 3 is 2.30 bits per heavy atom. The Morgan fingerprint density at radius 1 is 1.25 bits per heavy atom. The molecule has 0 heterocycles. The van der Waals surface area contributed by atoms with Gasteiger partial charge in [0.15, 0.2) is 0 Å². The summed E-state index contributed by atoms with van der Waals surface area (Å²) in [7, 11) is -7.41. The van der Waals surface area contributed by atoms with E-state index in [9.17, 15) is 16.8 Å². The van der Waals surface area contributed by atoms with Crippen LogP contribution in [0.3, 0.4) is 0 Å². The Labute approximate surface area is 124 Å². The molecule has 6 nitrogen and oxygen atoms in total. The first-order valence-corrected chi connectivity index (χ1v) is 9.42. The number of sulfonamides is 2. The Balaban J connectivity index is 2.93. The molecule has 1 aromatic carbocycles. The third-order valence-electron chi connectivity index (χ3n) is 2.48. The van der Waals surface area contributed by atoms with E-state index in [1.54, 1.807) is 0 Å². The lowest BCUT2D eigenvalue weighted by molar-refractivity contribution is 0.578. The lowest BCUT2D eigenvalue weighted by Crippen LogP contribution is -2.18. The van der Waals surface area contributed by atoms with Gasteiger partial charge in [-0.15, -0.1) is 0 Å². The molecule has 3 N–H and O–H groups in total. The lowest BCUT2D eigenvalue weighted by atomic mass is 10.2. The van der Waals surface area contributed by atoms with Crippen molar-refractivity contribution in [2.45, 2.75) is 25.2 Å². The summed E-state index contributed by atoms with van der Waals surface area (Å²) >= 11 is 5.78. The van der Waals surface area contributed by atoms with Gasteiger partial charge < -0.3 is 0 Å². The van der Waals surface area contributed by atoms with Gasteiger partial charge in [0.05, 0.1) is 16.5 Å². The molecular formula is C11H17ClN2O4S2. The normalized spacial score (nSPS) is 12.7. The number of rotatable bonds is 6. The predicted molar refractivity (Wildman–Crippen MR) is 79.7 cm³/mol. The molecule has 1 rings (SSSR count). The van der Waals surface area contributed by atoms with Crippen LogP contribution in [0.15, 0.2) is 23.1 Å².